The van der Waals surface area contributed by atoms with Gasteiger partial charge in [-0.2, -0.15) is 13.2 Å². The number of hydrogen-bond donors (Lipinski definition) is 2. The normalized spacial score (nSPS) is 19.4. The van der Waals surface area contributed by atoms with Gasteiger partial charge in [0, 0.05) is 12.7 Å². The van der Waals surface area contributed by atoms with Crippen molar-refractivity contribution in [1.29, 1.82) is 0 Å². The molecule has 1 aliphatic carbocycles. The maximum atomic E-state index is 13.3. The number of benzene rings is 1. The van der Waals surface area contributed by atoms with E-state index < -0.39 is 17.6 Å². The lowest BCUT2D eigenvalue weighted by atomic mass is 9.78. The minimum absolute atomic E-state index is 0.0252. The van der Waals surface area contributed by atoms with E-state index in [9.17, 15) is 18.0 Å². The van der Waals surface area contributed by atoms with Crippen molar-refractivity contribution in [3.8, 4) is 5.88 Å². The summed E-state index contributed by atoms with van der Waals surface area (Å²) in [7, 11) is 1.55. The molecule has 0 radical (unpaired) electrons. The number of ether oxygens (including phenoxy) is 1. The van der Waals surface area contributed by atoms with Crippen molar-refractivity contribution in [3.63, 3.8) is 0 Å². The Morgan fingerprint density at radius 1 is 1.30 bits per heavy atom. The zero-order valence-electron chi connectivity index (χ0n) is 16.4. The van der Waals surface area contributed by atoms with Gasteiger partial charge in [0.1, 0.15) is 0 Å². The predicted octanol–water partition coefficient (Wildman–Crippen LogP) is 5.25. The van der Waals surface area contributed by atoms with Crippen LogP contribution in [0.15, 0.2) is 30.5 Å². The molecule has 1 amide bonds. The number of methoxy groups -OCH3 is 1. The lowest BCUT2D eigenvalue weighted by Crippen LogP contribution is -2.22. The quantitative estimate of drug-likeness (QED) is 0.642. The zero-order chi connectivity index (χ0) is 21.9. The second-order valence-electron chi connectivity index (χ2n) is 7.45. The number of nitrogens with one attached hydrogen (secondary N) is 1. The first-order chi connectivity index (χ1) is 14.2. The highest BCUT2D eigenvalue weighted by Crippen LogP contribution is 2.42. The summed E-state index contributed by atoms with van der Waals surface area (Å²) in [6.45, 7) is 0.706. The number of hydrogen-bond acceptors (Lipinski definition) is 4. The largest absolute Gasteiger partial charge is 0.480 e. The van der Waals surface area contributed by atoms with Gasteiger partial charge in [-0.3, -0.25) is 4.79 Å². The predicted molar refractivity (Wildman–Crippen MR) is 109 cm³/mol. The summed E-state index contributed by atoms with van der Waals surface area (Å²) in [6.07, 6.45) is 0.0603. The summed E-state index contributed by atoms with van der Waals surface area (Å²) >= 11 is 6.27. The van der Waals surface area contributed by atoms with Gasteiger partial charge < -0.3 is 15.8 Å². The van der Waals surface area contributed by atoms with E-state index in [0.717, 1.165) is 30.7 Å². The monoisotopic (exact) mass is 441 g/mol. The van der Waals surface area contributed by atoms with Gasteiger partial charge in [-0.1, -0.05) is 11.6 Å². The number of anilines is 1. The average Bonchev–Trinajstić information content (AvgIpc) is 2.72. The van der Waals surface area contributed by atoms with Gasteiger partial charge >= 0.3 is 6.18 Å². The summed E-state index contributed by atoms with van der Waals surface area (Å²) in [5.41, 5.74) is 5.22. The molecule has 1 heterocycles. The smallest absolute Gasteiger partial charge is 0.416 e. The van der Waals surface area contributed by atoms with Crippen molar-refractivity contribution in [2.24, 2.45) is 11.7 Å². The third-order valence-corrected chi connectivity index (χ3v) is 5.95. The molecule has 162 valence electrons. The van der Waals surface area contributed by atoms with E-state index >= 15 is 0 Å². The van der Waals surface area contributed by atoms with Crippen molar-refractivity contribution in [3.05, 3.63) is 52.2 Å². The second-order valence-corrected chi connectivity index (χ2v) is 7.83. The van der Waals surface area contributed by atoms with Crippen LogP contribution in [0.4, 0.5) is 18.9 Å². The van der Waals surface area contributed by atoms with Crippen molar-refractivity contribution < 1.29 is 22.7 Å². The molecule has 0 aliphatic heterocycles. The van der Waals surface area contributed by atoms with E-state index in [-0.39, 0.29) is 16.5 Å². The Balaban J connectivity index is 1.70. The third kappa shape index (κ3) is 4.98. The number of pyridine rings is 1. The van der Waals surface area contributed by atoms with Gasteiger partial charge in [-0.05, 0) is 67.3 Å². The summed E-state index contributed by atoms with van der Waals surface area (Å²) in [5, 5.41) is 3.35. The molecule has 2 aromatic rings. The molecule has 0 saturated heterocycles. The molecule has 9 heteroatoms. The Hall–Kier alpha value is -2.48. The molecule has 0 atom stereocenters. The van der Waals surface area contributed by atoms with E-state index in [1.807, 2.05) is 12.1 Å². The van der Waals surface area contributed by atoms with Crippen LogP contribution in [0.3, 0.4) is 0 Å². The first kappa shape index (κ1) is 22.2. The van der Waals surface area contributed by atoms with Gasteiger partial charge in [-0.25, -0.2) is 4.98 Å². The SMILES string of the molecule is COc1ncccc1NCC1CCC(c2cc(C(F)(F)F)cc(C(N)=O)c2Cl)CC1. The topological polar surface area (TPSA) is 77.2 Å². The van der Waals surface area contributed by atoms with Gasteiger partial charge in [0.15, 0.2) is 0 Å². The molecular formula is C21H23ClF3N3O2. The number of alkyl halides is 3. The molecule has 1 aromatic carbocycles. The van der Waals surface area contributed by atoms with Crippen molar-refractivity contribution >= 4 is 23.2 Å². The molecular weight excluding hydrogens is 419 g/mol. The number of amides is 1. The lowest BCUT2D eigenvalue weighted by Gasteiger charge is -2.30. The second kappa shape index (κ2) is 9.12. The third-order valence-electron chi connectivity index (χ3n) is 5.53. The maximum Gasteiger partial charge on any atom is 0.416 e. The molecule has 30 heavy (non-hydrogen) atoms. The van der Waals surface area contributed by atoms with E-state index in [1.54, 1.807) is 13.3 Å². The zero-order valence-corrected chi connectivity index (χ0v) is 17.2. The van der Waals surface area contributed by atoms with E-state index in [4.69, 9.17) is 22.1 Å². The number of nitrogens with zero attached hydrogens (tertiary/aromatic N) is 1. The minimum Gasteiger partial charge on any atom is -0.480 e. The van der Waals surface area contributed by atoms with Crippen LogP contribution in [-0.4, -0.2) is 24.5 Å². The fraction of sp³-hybridized carbons (Fsp3) is 0.429. The highest BCUT2D eigenvalue weighted by molar-refractivity contribution is 6.34. The molecule has 0 unspecified atom stereocenters. The number of carbonyl (C=O) groups is 1. The first-order valence-electron chi connectivity index (χ1n) is 9.64. The van der Waals surface area contributed by atoms with Crippen LogP contribution in [0.1, 0.15) is 53.1 Å². The molecule has 0 spiro atoms. The first-order valence-corrected chi connectivity index (χ1v) is 10.0. The van der Waals surface area contributed by atoms with E-state index in [0.29, 0.717) is 36.7 Å². The van der Waals surface area contributed by atoms with Crippen LogP contribution in [0.2, 0.25) is 5.02 Å². The van der Waals surface area contributed by atoms with Crippen LogP contribution in [0.25, 0.3) is 0 Å². The van der Waals surface area contributed by atoms with E-state index in [1.165, 1.54) is 0 Å². The molecule has 1 saturated carbocycles. The number of halogens is 4. The van der Waals surface area contributed by atoms with Crippen LogP contribution in [-0.2, 0) is 6.18 Å². The van der Waals surface area contributed by atoms with Crippen LogP contribution in [0, 0.1) is 5.92 Å². The Kier molecular flexibility index (Phi) is 6.75. The fourth-order valence-corrected chi connectivity index (χ4v) is 4.26. The summed E-state index contributed by atoms with van der Waals surface area (Å²) in [6, 6.07) is 5.47. The van der Waals surface area contributed by atoms with Crippen LogP contribution in [0.5, 0.6) is 5.88 Å². The summed E-state index contributed by atoms with van der Waals surface area (Å²) in [4.78, 5) is 15.8. The number of rotatable bonds is 6. The summed E-state index contributed by atoms with van der Waals surface area (Å²) < 4.78 is 45.1. The molecule has 3 rings (SSSR count). The van der Waals surface area contributed by atoms with Gasteiger partial charge in [-0.15, -0.1) is 0 Å². The Morgan fingerprint density at radius 2 is 2.00 bits per heavy atom. The molecule has 1 fully saturated rings. The number of primary amides is 1. The molecule has 1 aromatic heterocycles. The Morgan fingerprint density at radius 3 is 2.60 bits per heavy atom. The van der Waals surface area contributed by atoms with Gasteiger partial charge in [0.2, 0.25) is 11.8 Å². The highest BCUT2D eigenvalue weighted by Gasteiger charge is 2.34. The summed E-state index contributed by atoms with van der Waals surface area (Å²) in [5.74, 6) is -0.245. The van der Waals surface area contributed by atoms with Crippen LogP contribution >= 0.6 is 11.6 Å². The lowest BCUT2D eigenvalue weighted by molar-refractivity contribution is -0.137. The average molecular weight is 442 g/mol. The molecule has 5 nitrogen and oxygen atoms in total. The van der Waals surface area contributed by atoms with Gasteiger partial charge in [0.25, 0.3) is 0 Å². The molecule has 1 aliphatic rings. The van der Waals surface area contributed by atoms with Crippen LogP contribution < -0.4 is 15.8 Å². The van der Waals surface area contributed by atoms with Crippen molar-refractivity contribution in [2.75, 3.05) is 19.0 Å². The van der Waals surface area contributed by atoms with Gasteiger partial charge in [0.05, 0.1) is 28.9 Å². The highest BCUT2D eigenvalue weighted by atomic mass is 35.5. The van der Waals surface area contributed by atoms with Crippen molar-refractivity contribution in [1.82, 2.24) is 4.98 Å². The number of nitrogens with two attached hydrogens (primary N) is 1. The van der Waals surface area contributed by atoms with E-state index in [2.05, 4.69) is 10.3 Å². The fourth-order valence-electron chi connectivity index (χ4n) is 3.91. The number of carbonyl (C=O) groups excluding carboxylic acids is 1. The number of aromatic nitrogens is 1. The Bertz CT molecular complexity index is 913. The minimum atomic E-state index is -4.58. The van der Waals surface area contributed by atoms with Crippen molar-refractivity contribution in [2.45, 2.75) is 37.8 Å². The Labute approximate surface area is 177 Å². The maximum absolute atomic E-state index is 13.3. The standard InChI is InChI=1S/C21H23ClF3N3O2/c1-30-20-17(3-2-8-27-20)28-11-12-4-6-13(7-5-12)15-9-14(21(23,24)25)10-16(18(15)22)19(26)29/h2-3,8-10,12-13,28H,4-7,11H2,1H3,(H2,26,29). The molecule has 0 bridgehead atoms. The molecule has 3 N–H and O–H groups in total.